The predicted molar refractivity (Wildman–Crippen MR) is 118 cm³/mol. The molecule has 14 heteroatoms. The van der Waals surface area contributed by atoms with Crippen LogP contribution < -0.4 is 15.8 Å². The molecule has 4 N–H and O–H groups in total. The summed E-state index contributed by atoms with van der Waals surface area (Å²) >= 11 is 0. The van der Waals surface area contributed by atoms with Gasteiger partial charge in [-0.2, -0.15) is 26.3 Å². The fourth-order valence-electron chi connectivity index (χ4n) is 3.08. The normalized spacial score (nSPS) is 14.8. The molecule has 2 amide bonds. The van der Waals surface area contributed by atoms with Crippen LogP contribution in [0.4, 0.5) is 26.3 Å². The zero-order valence-electron chi connectivity index (χ0n) is 18.7. The lowest BCUT2D eigenvalue weighted by atomic mass is 10.1. The maximum atomic E-state index is 13.1. The van der Waals surface area contributed by atoms with Crippen molar-refractivity contribution >= 4 is 21.8 Å². The van der Waals surface area contributed by atoms with E-state index in [2.05, 4.69) is 10.6 Å². The molecular weight excluding hydrogens is 516 g/mol. The Balaban J connectivity index is 1.78. The molecule has 36 heavy (non-hydrogen) atoms. The molecule has 0 unspecified atom stereocenters. The third kappa shape index (κ3) is 8.82. The number of hydrogen-bond donors (Lipinski definition) is 3. The molecule has 1 aromatic carbocycles. The SMILES string of the molecule is NS(=O)(=O)c1ccc(C(=O)NCCCCCNC(=O)C2=CCC(C(F)(F)F)=CC(C(F)(F)F)=C2)cc1. The van der Waals surface area contributed by atoms with E-state index < -0.39 is 57.3 Å². The average molecular weight is 539 g/mol. The van der Waals surface area contributed by atoms with E-state index in [4.69, 9.17) is 5.14 Å². The second-order valence-electron chi connectivity index (χ2n) is 7.77. The summed E-state index contributed by atoms with van der Waals surface area (Å²) in [6.45, 7) is 0.326. The van der Waals surface area contributed by atoms with E-state index in [9.17, 15) is 44.3 Å². The predicted octanol–water partition coefficient (Wildman–Crippen LogP) is 3.66. The van der Waals surface area contributed by atoms with Crippen LogP contribution >= 0.6 is 0 Å². The first-order valence-electron chi connectivity index (χ1n) is 10.5. The van der Waals surface area contributed by atoms with Crippen LogP contribution in [0.25, 0.3) is 0 Å². The third-order valence-electron chi connectivity index (χ3n) is 5.01. The first kappa shape index (κ1) is 29.1. The number of nitrogens with two attached hydrogens (primary N) is 1. The van der Waals surface area contributed by atoms with E-state index >= 15 is 0 Å². The summed E-state index contributed by atoms with van der Waals surface area (Å²) in [6, 6.07) is 5.00. The van der Waals surface area contributed by atoms with Crippen LogP contribution in [0, 0.1) is 0 Å². The van der Waals surface area contributed by atoms with Gasteiger partial charge in [0.2, 0.25) is 10.0 Å². The number of halogens is 6. The molecule has 7 nitrogen and oxygen atoms in total. The highest BCUT2D eigenvalue weighted by molar-refractivity contribution is 7.89. The number of nitrogens with one attached hydrogen (secondary N) is 2. The summed E-state index contributed by atoms with van der Waals surface area (Å²) in [4.78, 5) is 24.1. The summed E-state index contributed by atoms with van der Waals surface area (Å²) in [5, 5.41) is 9.99. The van der Waals surface area contributed by atoms with E-state index in [-0.39, 0.29) is 29.6 Å². The molecular formula is C22H23F6N3O4S. The maximum Gasteiger partial charge on any atom is 0.416 e. The average Bonchev–Trinajstić information content (AvgIpc) is 3.01. The number of alkyl halides is 6. The maximum absolute atomic E-state index is 13.1. The van der Waals surface area contributed by atoms with E-state index in [1.54, 1.807) is 0 Å². The topological polar surface area (TPSA) is 118 Å². The number of allylic oxidation sites excluding steroid dienone is 4. The molecule has 0 radical (unpaired) electrons. The number of hydrogen-bond acceptors (Lipinski definition) is 4. The largest absolute Gasteiger partial charge is 0.416 e. The first-order valence-corrected chi connectivity index (χ1v) is 12.1. The minimum absolute atomic E-state index is 0.000454. The Hall–Kier alpha value is -3.13. The number of benzene rings is 1. The van der Waals surface area contributed by atoms with Crippen LogP contribution in [0.2, 0.25) is 0 Å². The van der Waals surface area contributed by atoms with Gasteiger partial charge in [-0.15, -0.1) is 0 Å². The zero-order chi connectivity index (χ0) is 27.1. The summed E-state index contributed by atoms with van der Waals surface area (Å²) in [7, 11) is -3.87. The van der Waals surface area contributed by atoms with Crippen molar-refractivity contribution in [3.8, 4) is 0 Å². The van der Waals surface area contributed by atoms with E-state index in [0.717, 1.165) is 6.08 Å². The number of primary sulfonamides is 1. The van der Waals surface area contributed by atoms with Gasteiger partial charge in [0, 0.05) is 29.8 Å². The molecule has 0 saturated heterocycles. The van der Waals surface area contributed by atoms with Gasteiger partial charge in [0.25, 0.3) is 11.8 Å². The number of rotatable bonds is 9. The van der Waals surface area contributed by atoms with Gasteiger partial charge in [0.1, 0.15) is 0 Å². The van der Waals surface area contributed by atoms with Crippen molar-refractivity contribution in [2.45, 2.75) is 42.9 Å². The summed E-state index contributed by atoms with van der Waals surface area (Å²) in [5.41, 5.74) is -3.26. The highest BCUT2D eigenvalue weighted by Gasteiger charge is 2.39. The minimum atomic E-state index is -5.06. The molecule has 198 valence electrons. The Morgan fingerprint density at radius 3 is 1.89 bits per heavy atom. The van der Waals surface area contributed by atoms with Crippen LogP contribution in [-0.4, -0.2) is 45.7 Å². The molecule has 0 aliphatic heterocycles. The smallest absolute Gasteiger partial charge is 0.352 e. The fraction of sp³-hybridized carbons (Fsp3) is 0.364. The van der Waals surface area contributed by atoms with Crippen molar-refractivity contribution in [2.75, 3.05) is 13.1 Å². The molecule has 2 rings (SSSR count). The lowest BCUT2D eigenvalue weighted by molar-refractivity contribution is -0.117. The van der Waals surface area contributed by atoms with Gasteiger partial charge in [0.05, 0.1) is 10.5 Å². The Labute approximate surface area is 203 Å². The Morgan fingerprint density at radius 1 is 0.833 bits per heavy atom. The molecule has 0 saturated carbocycles. The molecule has 0 spiro atoms. The Bertz CT molecular complexity index is 1170. The number of carbonyl (C=O) groups excluding carboxylic acids is 2. The van der Waals surface area contributed by atoms with E-state index in [1.807, 2.05) is 0 Å². The van der Waals surface area contributed by atoms with Crippen molar-refractivity contribution in [3.63, 3.8) is 0 Å². The summed E-state index contributed by atoms with van der Waals surface area (Å²) in [5.74, 6) is -1.37. The van der Waals surface area contributed by atoms with Crippen LogP contribution in [0.15, 0.2) is 64.1 Å². The van der Waals surface area contributed by atoms with Crippen LogP contribution in [0.1, 0.15) is 36.0 Å². The summed E-state index contributed by atoms with van der Waals surface area (Å²) in [6.07, 6.45) is -8.28. The molecule has 1 aliphatic carbocycles. The number of unbranched alkanes of at least 4 members (excludes halogenated alkanes) is 2. The van der Waals surface area contributed by atoms with Gasteiger partial charge < -0.3 is 10.6 Å². The van der Waals surface area contributed by atoms with Gasteiger partial charge in [-0.3, -0.25) is 9.59 Å². The Kier molecular flexibility index (Phi) is 9.49. The quantitative estimate of drug-likeness (QED) is 0.328. The monoisotopic (exact) mass is 539 g/mol. The van der Waals surface area contributed by atoms with Gasteiger partial charge in [-0.1, -0.05) is 6.08 Å². The Morgan fingerprint density at radius 2 is 1.39 bits per heavy atom. The molecule has 0 atom stereocenters. The van der Waals surface area contributed by atoms with Crippen molar-refractivity contribution in [1.29, 1.82) is 0 Å². The van der Waals surface area contributed by atoms with Crippen molar-refractivity contribution < 1.29 is 44.3 Å². The van der Waals surface area contributed by atoms with Crippen molar-refractivity contribution in [3.05, 3.63) is 64.8 Å². The molecule has 0 heterocycles. The number of sulfonamides is 1. The molecule has 0 aromatic heterocycles. The van der Waals surface area contributed by atoms with Gasteiger partial charge >= 0.3 is 12.4 Å². The lowest BCUT2D eigenvalue weighted by Gasteiger charge is -2.11. The second-order valence-corrected chi connectivity index (χ2v) is 9.33. The second kappa shape index (κ2) is 11.7. The van der Waals surface area contributed by atoms with Gasteiger partial charge in [-0.05, 0) is 62.1 Å². The standard InChI is InChI=1S/C22H23F6N3O4S/c23-21(24,25)16-7-4-15(12-17(13-16)22(26,27)28)20(33)31-11-3-1-2-10-30-19(32)14-5-8-18(9-6-14)36(29,34)35/h4-6,8-9,12-13H,1-3,7,10-11H2,(H,30,32)(H,31,33)(H2,29,34,35). The summed E-state index contributed by atoms with van der Waals surface area (Å²) < 4.78 is 100. The third-order valence-corrected chi connectivity index (χ3v) is 5.94. The minimum Gasteiger partial charge on any atom is -0.352 e. The van der Waals surface area contributed by atoms with Crippen LogP contribution in [0.5, 0.6) is 0 Å². The molecule has 1 aliphatic rings. The highest BCUT2D eigenvalue weighted by atomic mass is 32.2. The van der Waals surface area contributed by atoms with Crippen LogP contribution in [0.3, 0.4) is 0 Å². The number of carbonyl (C=O) groups is 2. The van der Waals surface area contributed by atoms with Gasteiger partial charge in [0.15, 0.2) is 0 Å². The molecule has 1 aromatic rings. The lowest BCUT2D eigenvalue weighted by Crippen LogP contribution is -2.27. The van der Waals surface area contributed by atoms with Crippen molar-refractivity contribution in [1.82, 2.24) is 10.6 Å². The highest BCUT2D eigenvalue weighted by Crippen LogP contribution is 2.36. The van der Waals surface area contributed by atoms with E-state index in [0.29, 0.717) is 25.3 Å². The first-order chi connectivity index (χ1) is 16.6. The molecule has 0 fully saturated rings. The molecule has 0 bridgehead atoms. The van der Waals surface area contributed by atoms with Gasteiger partial charge in [-0.25, -0.2) is 13.6 Å². The van der Waals surface area contributed by atoms with Crippen LogP contribution in [-0.2, 0) is 14.8 Å². The van der Waals surface area contributed by atoms with Crippen molar-refractivity contribution in [2.24, 2.45) is 5.14 Å². The number of amides is 2. The zero-order valence-corrected chi connectivity index (χ0v) is 19.5. The fourth-order valence-corrected chi connectivity index (χ4v) is 3.60. The van der Waals surface area contributed by atoms with E-state index in [1.165, 1.54) is 24.3 Å².